The van der Waals surface area contributed by atoms with Crippen molar-refractivity contribution in [2.45, 2.75) is 24.7 Å². The van der Waals surface area contributed by atoms with Crippen molar-refractivity contribution >= 4 is 29.1 Å². The van der Waals surface area contributed by atoms with Crippen LogP contribution in [0.15, 0.2) is 78.9 Å². The molecule has 0 aliphatic carbocycles. The smallest absolute Gasteiger partial charge is 0.253 e. The molecule has 1 aliphatic heterocycles. The zero-order valence-corrected chi connectivity index (χ0v) is 17.8. The van der Waals surface area contributed by atoms with E-state index in [-0.39, 0.29) is 17.2 Å². The minimum absolute atomic E-state index is 0.0767. The summed E-state index contributed by atoms with van der Waals surface area (Å²) in [6.07, 6.45) is 0.875. The number of halogens is 2. The van der Waals surface area contributed by atoms with E-state index >= 15 is 0 Å². The second-order valence-corrected chi connectivity index (χ2v) is 8.57. The van der Waals surface area contributed by atoms with Crippen molar-refractivity contribution in [2.24, 2.45) is 0 Å². The monoisotopic (exact) mass is 423 g/mol. The van der Waals surface area contributed by atoms with Crippen molar-refractivity contribution in [3.05, 3.63) is 106 Å². The van der Waals surface area contributed by atoms with E-state index in [4.69, 9.17) is 23.2 Å². The maximum atomic E-state index is 13.1. The van der Waals surface area contributed by atoms with Crippen molar-refractivity contribution in [2.75, 3.05) is 13.1 Å². The summed E-state index contributed by atoms with van der Waals surface area (Å²) in [6.45, 7) is 3.61. The molecule has 0 N–H and O–H groups in total. The second-order valence-electron chi connectivity index (χ2n) is 7.76. The molecule has 148 valence electrons. The second kappa shape index (κ2) is 8.22. The third kappa shape index (κ3) is 3.80. The molecule has 0 bridgehead atoms. The van der Waals surface area contributed by atoms with Gasteiger partial charge < -0.3 is 4.90 Å². The van der Waals surface area contributed by atoms with E-state index in [1.807, 2.05) is 53.4 Å². The molecule has 29 heavy (non-hydrogen) atoms. The van der Waals surface area contributed by atoms with Crippen LogP contribution in [0.5, 0.6) is 0 Å². The van der Waals surface area contributed by atoms with Gasteiger partial charge >= 0.3 is 0 Å². The highest BCUT2D eigenvalue weighted by molar-refractivity contribution is 6.42. The molecule has 2 atom stereocenters. The maximum absolute atomic E-state index is 13.1. The summed E-state index contributed by atoms with van der Waals surface area (Å²) in [4.78, 5) is 15.1. The molecule has 0 spiro atoms. The molecule has 1 heterocycles. The fraction of sp³-hybridized carbons (Fsp3) is 0.240. The van der Waals surface area contributed by atoms with Crippen molar-refractivity contribution in [3.63, 3.8) is 0 Å². The first-order valence-corrected chi connectivity index (χ1v) is 10.6. The highest BCUT2D eigenvalue weighted by atomic mass is 35.5. The molecule has 2 nitrogen and oxygen atoms in total. The predicted molar refractivity (Wildman–Crippen MR) is 120 cm³/mol. The molecule has 0 aromatic heterocycles. The number of hydrogen-bond acceptors (Lipinski definition) is 1. The molecular weight excluding hydrogens is 401 g/mol. The van der Waals surface area contributed by atoms with Crippen LogP contribution in [-0.2, 0) is 5.41 Å². The quantitative estimate of drug-likeness (QED) is 0.463. The first kappa shape index (κ1) is 20.0. The minimum Gasteiger partial charge on any atom is -0.338 e. The number of hydrogen-bond donors (Lipinski definition) is 0. The summed E-state index contributed by atoms with van der Waals surface area (Å²) in [5.74, 6) is 0.294. The Morgan fingerprint density at radius 2 is 1.59 bits per heavy atom. The van der Waals surface area contributed by atoms with Gasteiger partial charge in [-0.15, -0.1) is 0 Å². The van der Waals surface area contributed by atoms with Gasteiger partial charge in [-0.25, -0.2) is 0 Å². The van der Waals surface area contributed by atoms with E-state index in [0.717, 1.165) is 17.5 Å². The Bertz CT molecular complexity index is 1010. The highest BCUT2D eigenvalue weighted by Crippen LogP contribution is 2.47. The van der Waals surface area contributed by atoms with Crippen LogP contribution in [0.3, 0.4) is 0 Å². The number of amides is 1. The maximum Gasteiger partial charge on any atom is 0.253 e. The van der Waals surface area contributed by atoms with Gasteiger partial charge in [0, 0.05) is 24.1 Å². The molecule has 3 aromatic carbocycles. The first-order valence-electron chi connectivity index (χ1n) is 9.86. The van der Waals surface area contributed by atoms with Gasteiger partial charge in [0.25, 0.3) is 5.91 Å². The number of nitrogens with zero attached hydrogens (tertiary/aromatic N) is 1. The zero-order chi connectivity index (χ0) is 20.4. The summed E-state index contributed by atoms with van der Waals surface area (Å²) < 4.78 is 0. The molecule has 2 unspecified atom stereocenters. The molecule has 1 saturated heterocycles. The largest absolute Gasteiger partial charge is 0.338 e. The Morgan fingerprint density at radius 1 is 0.931 bits per heavy atom. The number of benzene rings is 3. The Morgan fingerprint density at radius 3 is 2.24 bits per heavy atom. The van der Waals surface area contributed by atoms with E-state index in [0.29, 0.717) is 23.1 Å². The molecule has 0 radical (unpaired) electrons. The van der Waals surface area contributed by atoms with Crippen molar-refractivity contribution in [1.29, 1.82) is 0 Å². The molecule has 1 aliphatic rings. The van der Waals surface area contributed by atoms with Gasteiger partial charge in [-0.3, -0.25) is 4.79 Å². The molecule has 1 amide bonds. The van der Waals surface area contributed by atoms with Crippen LogP contribution in [0.25, 0.3) is 0 Å². The number of likely N-dealkylation sites (tertiary alicyclic amines) is 1. The van der Waals surface area contributed by atoms with Crippen molar-refractivity contribution < 1.29 is 4.79 Å². The predicted octanol–water partition coefficient (Wildman–Crippen LogP) is 6.58. The molecular formula is C25H23Cl2NO. The topological polar surface area (TPSA) is 20.3 Å². The number of carbonyl (C=O) groups excluding carboxylic acids is 1. The van der Waals surface area contributed by atoms with Gasteiger partial charge in [-0.05, 0) is 47.7 Å². The van der Waals surface area contributed by atoms with Crippen LogP contribution in [0.4, 0.5) is 0 Å². The lowest BCUT2D eigenvalue weighted by Gasteiger charge is -2.37. The van der Waals surface area contributed by atoms with Gasteiger partial charge in [0.05, 0.1) is 10.0 Å². The summed E-state index contributed by atoms with van der Waals surface area (Å²) in [5, 5.41) is 1.10. The summed E-state index contributed by atoms with van der Waals surface area (Å²) in [5.41, 5.74) is 2.89. The molecule has 3 aromatic rings. The Labute approximate surface area is 182 Å². The average molecular weight is 424 g/mol. The minimum atomic E-state index is -0.222. The standard InChI is InChI=1S/C25H23Cl2NO/c1-18(19-8-4-2-5-9-19)25(21-12-13-22(26)23(27)16-21)14-15-28(17-25)24(29)20-10-6-3-7-11-20/h2-13,16,18H,14-15,17H2,1H3. The lowest BCUT2D eigenvalue weighted by atomic mass is 9.68. The fourth-order valence-corrected chi connectivity index (χ4v) is 4.77. The van der Waals surface area contributed by atoms with E-state index in [2.05, 4.69) is 37.3 Å². The van der Waals surface area contributed by atoms with E-state index in [1.165, 1.54) is 5.56 Å². The SMILES string of the molecule is CC(c1ccccc1)C1(c2ccc(Cl)c(Cl)c2)CCN(C(=O)c2ccccc2)C1. The van der Waals surface area contributed by atoms with Crippen LogP contribution in [-0.4, -0.2) is 23.9 Å². The lowest BCUT2D eigenvalue weighted by Crippen LogP contribution is -2.38. The molecule has 0 saturated carbocycles. The van der Waals surface area contributed by atoms with Crippen LogP contribution in [0, 0.1) is 0 Å². The van der Waals surface area contributed by atoms with Crippen LogP contribution >= 0.6 is 23.2 Å². The summed E-state index contributed by atoms with van der Waals surface area (Å²) in [6, 6.07) is 25.9. The van der Waals surface area contributed by atoms with Gasteiger partial charge in [0.2, 0.25) is 0 Å². The van der Waals surface area contributed by atoms with Gasteiger partial charge in [-0.1, -0.05) is 84.7 Å². The third-order valence-corrected chi connectivity index (χ3v) is 6.97. The Kier molecular flexibility index (Phi) is 5.67. The third-order valence-electron chi connectivity index (χ3n) is 6.23. The fourth-order valence-electron chi connectivity index (χ4n) is 4.48. The number of carbonyl (C=O) groups is 1. The van der Waals surface area contributed by atoms with Crippen LogP contribution in [0.1, 0.15) is 40.7 Å². The summed E-state index contributed by atoms with van der Waals surface area (Å²) in [7, 11) is 0. The van der Waals surface area contributed by atoms with E-state index in [1.54, 1.807) is 0 Å². The molecule has 4 heteroatoms. The van der Waals surface area contributed by atoms with Gasteiger partial charge in [0.15, 0.2) is 0 Å². The average Bonchev–Trinajstić information content (AvgIpc) is 3.22. The number of rotatable bonds is 4. The Balaban J connectivity index is 1.74. The van der Waals surface area contributed by atoms with Crippen LogP contribution < -0.4 is 0 Å². The first-order chi connectivity index (χ1) is 14.0. The van der Waals surface area contributed by atoms with Gasteiger partial charge in [-0.2, -0.15) is 0 Å². The summed E-state index contributed by atoms with van der Waals surface area (Å²) >= 11 is 12.6. The highest BCUT2D eigenvalue weighted by Gasteiger charge is 2.46. The molecule has 1 fully saturated rings. The zero-order valence-electron chi connectivity index (χ0n) is 16.3. The van der Waals surface area contributed by atoms with Crippen molar-refractivity contribution in [1.82, 2.24) is 4.90 Å². The normalized spacial score (nSPS) is 19.9. The lowest BCUT2D eigenvalue weighted by molar-refractivity contribution is 0.0781. The molecule has 4 rings (SSSR count). The van der Waals surface area contributed by atoms with Crippen molar-refractivity contribution in [3.8, 4) is 0 Å². The van der Waals surface area contributed by atoms with Crippen LogP contribution in [0.2, 0.25) is 10.0 Å². The van der Waals surface area contributed by atoms with E-state index in [9.17, 15) is 4.79 Å². The van der Waals surface area contributed by atoms with Gasteiger partial charge in [0.1, 0.15) is 0 Å². The van der Waals surface area contributed by atoms with E-state index < -0.39 is 0 Å². The Hall–Kier alpha value is -2.29.